The summed E-state index contributed by atoms with van der Waals surface area (Å²) in [6.07, 6.45) is 0.706. The predicted molar refractivity (Wildman–Crippen MR) is 81.3 cm³/mol. The molecule has 2 rings (SSSR count). The van der Waals surface area contributed by atoms with E-state index in [1.54, 1.807) is 17.3 Å². The van der Waals surface area contributed by atoms with Crippen LogP contribution in [-0.2, 0) is 11.2 Å². The van der Waals surface area contributed by atoms with Crippen LogP contribution >= 0.6 is 11.3 Å². The quantitative estimate of drug-likeness (QED) is 0.739. The van der Waals surface area contributed by atoms with Gasteiger partial charge in [-0.2, -0.15) is 0 Å². The van der Waals surface area contributed by atoms with Crippen molar-refractivity contribution in [3.05, 3.63) is 16.1 Å². The molecule has 0 aliphatic carbocycles. The fourth-order valence-electron chi connectivity index (χ4n) is 2.20. The van der Waals surface area contributed by atoms with Crippen molar-refractivity contribution in [2.75, 3.05) is 46.3 Å². The fourth-order valence-corrected chi connectivity index (χ4v) is 2.99. The van der Waals surface area contributed by atoms with Crippen molar-refractivity contribution in [2.24, 2.45) is 5.73 Å². The predicted octanol–water partition coefficient (Wildman–Crippen LogP) is -0.852. The third-order valence-electron chi connectivity index (χ3n) is 3.43. The molecule has 0 unspecified atom stereocenters. The van der Waals surface area contributed by atoms with Crippen molar-refractivity contribution >= 4 is 23.2 Å². The lowest BCUT2D eigenvalue weighted by atomic mass is 10.3. The molecule has 8 heteroatoms. The van der Waals surface area contributed by atoms with Crippen LogP contribution in [0.2, 0.25) is 0 Å². The van der Waals surface area contributed by atoms with E-state index in [-0.39, 0.29) is 11.8 Å². The minimum atomic E-state index is -0.0332. The molecule has 3 N–H and O–H groups in total. The number of likely N-dealkylation sites (N-methyl/N-ethyl adjacent to an activating group) is 1. The summed E-state index contributed by atoms with van der Waals surface area (Å²) in [5, 5.41) is 5.30. The highest BCUT2D eigenvalue weighted by atomic mass is 32.1. The van der Waals surface area contributed by atoms with Gasteiger partial charge in [0.1, 0.15) is 5.69 Å². The van der Waals surface area contributed by atoms with Crippen LogP contribution in [-0.4, -0.2) is 72.9 Å². The van der Waals surface area contributed by atoms with Gasteiger partial charge in [0.05, 0.1) is 11.6 Å². The van der Waals surface area contributed by atoms with Gasteiger partial charge in [0.2, 0.25) is 5.91 Å². The number of piperazine rings is 1. The van der Waals surface area contributed by atoms with Crippen molar-refractivity contribution in [3.8, 4) is 0 Å². The third-order valence-corrected chi connectivity index (χ3v) is 4.34. The Morgan fingerprint density at radius 1 is 1.38 bits per heavy atom. The molecule has 1 aromatic rings. The lowest BCUT2D eigenvalue weighted by molar-refractivity contribution is -0.122. The molecule has 0 atom stereocenters. The van der Waals surface area contributed by atoms with Gasteiger partial charge in [-0.25, -0.2) is 4.98 Å². The van der Waals surface area contributed by atoms with E-state index in [9.17, 15) is 9.59 Å². The zero-order valence-corrected chi connectivity index (χ0v) is 13.0. The molecule has 0 saturated carbocycles. The van der Waals surface area contributed by atoms with Crippen LogP contribution in [0.1, 0.15) is 15.5 Å². The second kappa shape index (κ2) is 7.48. The Kier molecular flexibility index (Phi) is 5.66. The molecular weight excluding hydrogens is 290 g/mol. The van der Waals surface area contributed by atoms with E-state index >= 15 is 0 Å². The highest BCUT2D eigenvalue weighted by Gasteiger charge is 2.24. The first kappa shape index (κ1) is 15.9. The second-order valence-electron chi connectivity index (χ2n) is 4.91. The number of nitrogens with zero attached hydrogens (tertiary/aromatic N) is 3. The number of aromatic nitrogens is 1. The smallest absolute Gasteiger partial charge is 0.273 e. The Morgan fingerprint density at radius 3 is 2.71 bits per heavy atom. The number of hydrogen-bond donors (Lipinski definition) is 2. The largest absolute Gasteiger partial charge is 0.358 e. The van der Waals surface area contributed by atoms with E-state index < -0.39 is 0 Å². The molecule has 7 nitrogen and oxygen atoms in total. The molecule has 1 aliphatic rings. The summed E-state index contributed by atoms with van der Waals surface area (Å²) < 4.78 is 0. The first-order chi connectivity index (χ1) is 10.1. The lowest BCUT2D eigenvalue weighted by Crippen LogP contribution is -2.50. The number of carbonyl (C=O) groups is 2. The van der Waals surface area contributed by atoms with Crippen molar-refractivity contribution in [1.82, 2.24) is 20.1 Å². The van der Waals surface area contributed by atoms with Gasteiger partial charge >= 0.3 is 0 Å². The summed E-state index contributed by atoms with van der Waals surface area (Å²) in [4.78, 5) is 31.8. The highest BCUT2D eigenvalue weighted by Crippen LogP contribution is 2.13. The van der Waals surface area contributed by atoms with E-state index in [1.807, 2.05) is 4.90 Å². The van der Waals surface area contributed by atoms with Crippen LogP contribution in [0.25, 0.3) is 0 Å². The standard InChI is InChI=1S/C13H21N5O2S/c1-15-11(19)8-17-4-6-18(7-5-17)13(20)10-9-21-12(16-10)2-3-14/h9H,2-8,14H2,1H3,(H,15,19). The van der Waals surface area contributed by atoms with Crippen LogP contribution < -0.4 is 11.1 Å². The summed E-state index contributed by atoms with van der Waals surface area (Å²) in [6, 6.07) is 0. The third kappa shape index (κ3) is 4.23. The van der Waals surface area contributed by atoms with Crippen molar-refractivity contribution in [1.29, 1.82) is 0 Å². The summed E-state index contributed by atoms with van der Waals surface area (Å²) in [7, 11) is 1.63. The van der Waals surface area contributed by atoms with Gasteiger partial charge in [0.15, 0.2) is 0 Å². The number of nitrogens with two attached hydrogens (primary N) is 1. The molecule has 1 fully saturated rings. The lowest BCUT2D eigenvalue weighted by Gasteiger charge is -2.33. The topological polar surface area (TPSA) is 91.6 Å². The summed E-state index contributed by atoms with van der Waals surface area (Å²) in [5.74, 6) is -0.0326. The summed E-state index contributed by atoms with van der Waals surface area (Å²) in [6.45, 7) is 3.59. The molecule has 21 heavy (non-hydrogen) atoms. The fraction of sp³-hybridized carbons (Fsp3) is 0.615. The number of carbonyl (C=O) groups excluding carboxylic acids is 2. The minimum absolute atomic E-state index is 0.000652. The first-order valence-corrected chi connectivity index (χ1v) is 7.88. The Bertz CT molecular complexity index is 497. The van der Waals surface area contributed by atoms with Crippen LogP contribution in [0.5, 0.6) is 0 Å². The molecule has 2 amide bonds. The highest BCUT2D eigenvalue weighted by molar-refractivity contribution is 7.09. The molecule has 116 valence electrons. The Balaban J connectivity index is 1.86. The number of rotatable bonds is 5. The SMILES string of the molecule is CNC(=O)CN1CCN(C(=O)c2csc(CCN)n2)CC1. The zero-order valence-electron chi connectivity index (χ0n) is 12.2. The van der Waals surface area contributed by atoms with Gasteiger partial charge in [-0.3, -0.25) is 14.5 Å². The molecule has 0 radical (unpaired) electrons. The second-order valence-corrected chi connectivity index (χ2v) is 5.85. The number of nitrogens with one attached hydrogen (secondary N) is 1. The average molecular weight is 311 g/mol. The zero-order chi connectivity index (χ0) is 15.2. The molecule has 1 aliphatic heterocycles. The maximum absolute atomic E-state index is 12.3. The molecule has 1 aromatic heterocycles. The number of hydrogen-bond acceptors (Lipinski definition) is 6. The monoisotopic (exact) mass is 311 g/mol. The molecule has 1 saturated heterocycles. The maximum Gasteiger partial charge on any atom is 0.273 e. The molecular formula is C13H21N5O2S. The Hall–Kier alpha value is -1.51. The Morgan fingerprint density at radius 2 is 2.10 bits per heavy atom. The Labute approximate surface area is 128 Å². The number of thiazole rings is 1. The number of amides is 2. The summed E-state index contributed by atoms with van der Waals surface area (Å²) >= 11 is 1.48. The molecule has 2 heterocycles. The first-order valence-electron chi connectivity index (χ1n) is 7.00. The molecule has 0 aromatic carbocycles. The average Bonchev–Trinajstić information content (AvgIpc) is 2.96. The van der Waals surface area contributed by atoms with Crippen molar-refractivity contribution in [2.45, 2.75) is 6.42 Å². The van der Waals surface area contributed by atoms with Gasteiger partial charge < -0.3 is 16.0 Å². The van der Waals surface area contributed by atoms with Crippen LogP contribution in [0.15, 0.2) is 5.38 Å². The van der Waals surface area contributed by atoms with E-state index in [0.717, 1.165) is 5.01 Å². The molecule has 0 spiro atoms. The van der Waals surface area contributed by atoms with Crippen LogP contribution in [0.4, 0.5) is 0 Å². The van der Waals surface area contributed by atoms with Crippen molar-refractivity contribution in [3.63, 3.8) is 0 Å². The van der Waals surface area contributed by atoms with E-state index in [4.69, 9.17) is 5.73 Å². The minimum Gasteiger partial charge on any atom is -0.358 e. The normalized spacial score (nSPS) is 16.0. The van der Waals surface area contributed by atoms with Crippen LogP contribution in [0, 0.1) is 0 Å². The van der Waals surface area contributed by atoms with Gasteiger partial charge in [-0.05, 0) is 6.54 Å². The van der Waals surface area contributed by atoms with E-state index in [1.165, 1.54) is 11.3 Å². The van der Waals surface area contributed by atoms with Gasteiger partial charge in [0.25, 0.3) is 5.91 Å². The van der Waals surface area contributed by atoms with E-state index in [2.05, 4.69) is 10.3 Å². The van der Waals surface area contributed by atoms with Gasteiger partial charge in [-0.1, -0.05) is 0 Å². The van der Waals surface area contributed by atoms with Gasteiger partial charge in [0, 0.05) is 45.0 Å². The maximum atomic E-state index is 12.3. The summed E-state index contributed by atoms with van der Waals surface area (Å²) in [5.41, 5.74) is 5.99. The van der Waals surface area contributed by atoms with E-state index in [0.29, 0.717) is 51.4 Å². The van der Waals surface area contributed by atoms with Crippen LogP contribution in [0.3, 0.4) is 0 Å². The molecule has 0 bridgehead atoms. The van der Waals surface area contributed by atoms with Gasteiger partial charge in [-0.15, -0.1) is 11.3 Å². The van der Waals surface area contributed by atoms with Crippen molar-refractivity contribution < 1.29 is 9.59 Å².